The van der Waals surface area contributed by atoms with E-state index in [4.69, 9.17) is 0 Å². The summed E-state index contributed by atoms with van der Waals surface area (Å²) in [6, 6.07) is 34.5. The molecule has 4 heteroatoms. The third-order valence-electron chi connectivity index (χ3n) is 10.8. The number of phenolic OH excluding ortho intramolecular Hbond substituents is 2. The minimum absolute atomic E-state index is 0.0748. The molecule has 0 radical (unpaired) electrons. The van der Waals surface area contributed by atoms with Gasteiger partial charge in [-0.05, 0) is 89.7 Å². The number of nitrogens with one attached hydrogen (secondary N) is 2. The Hall–Kier alpha value is -4.96. The van der Waals surface area contributed by atoms with Crippen molar-refractivity contribution in [3.05, 3.63) is 130 Å². The standard InChI is InChI=1S/C50H60N2O2/c1-47(2,3)35-25-33(45(53)39(27-35)49(7,8)9)29-51-41-23-21-31-17-13-15-19-37(31)43(41)44-38-20-16-14-18-32(38)22-24-42(44)52-30-34-26-36(48(4,5)6)28-40(46(34)54)50(10,11)12/h13-28,51-54H,29-30H2,1-12H3. The predicted molar refractivity (Wildman–Crippen MR) is 233 cm³/mol. The molecule has 0 aliphatic carbocycles. The highest BCUT2D eigenvalue weighted by Gasteiger charge is 2.27. The van der Waals surface area contributed by atoms with Crippen molar-refractivity contribution in [2.75, 3.05) is 10.6 Å². The largest absolute Gasteiger partial charge is 0.507 e. The Morgan fingerprint density at radius 2 is 0.778 bits per heavy atom. The third-order valence-corrected chi connectivity index (χ3v) is 10.8. The normalized spacial score (nSPS) is 12.7. The number of hydrogen-bond acceptors (Lipinski definition) is 4. The molecule has 0 saturated heterocycles. The fourth-order valence-electron chi connectivity index (χ4n) is 7.43. The number of phenols is 2. The van der Waals surface area contributed by atoms with Gasteiger partial charge in [-0.1, -0.05) is 156 Å². The Morgan fingerprint density at radius 3 is 1.11 bits per heavy atom. The summed E-state index contributed by atoms with van der Waals surface area (Å²) in [5.41, 5.74) is 9.66. The lowest BCUT2D eigenvalue weighted by Crippen LogP contribution is -2.18. The van der Waals surface area contributed by atoms with Gasteiger partial charge in [0.1, 0.15) is 11.5 Å². The summed E-state index contributed by atoms with van der Waals surface area (Å²) in [6.45, 7) is 27.2. The summed E-state index contributed by atoms with van der Waals surface area (Å²) in [6.07, 6.45) is 0. The molecule has 0 atom stereocenters. The molecule has 0 spiro atoms. The van der Waals surface area contributed by atoms with Crippen LogP contribution < -0.4 is 10.6 Å². The molecule has 0 unspecified atom stereocenters. The Labute approximate surface area is 323 Å². The van der Waals surface area contributed by atoms with E-state index in [9.17, 15) is 10.2 Å². The molecule has 0 heterocycles. The van der Waals surface area contributed by atoms with Crippen LogP contribution >= 0.6 is 0 Å². The van der Waals surface area contributed by atoms with Crippen molar-refractivity contribution < 1.29 is 10.2 Å². The van der Waals surface area contributed by atoms with Gasteiger partial charge in [-0.2, -0.15) is 0 Å². The average Bonchev–Trinajstić information content (AvgIpc) is 3.08. The average molecular weight is 721 g/mol. The predicted octanol–water partition coefficient (Wildman–Crippen LogP) is 13.5. The number of aromatic hydroxyl groups is 2. The van der Waals surface area contributed by atoms with Gasteiger partial charge in [0.25, 0.3) is 0 Å². The van der Waals surface area contributed by atoms with Gasteiger partial charge in [0, 0.05) is 46.7 Å². The van der Waals surface area contributed by atoms with Crippen molar-refractivity contribution in [1.29, 1.82) is 0 Å². The molecule has 0 aliphatic rings. The number of fused-ring (bicyclic) bond motifs is 2. The first kappa shape index (κ1) is 38.8. The molecular weight excluding hydrogens is 661 g/mol. The van der Waals surface area contributed by atoms with Crippen LogP contribution in [0.1, 0.15) is 116 Å². The molecule has 0 bridgehead atoms. The van der Waals surface area contributed by atoms with Gasteiger partial charge in [0.05, 0.1) is 0 Å². The second-order valence-electron chi connectivity index (χ2n) is 19.2. The molecule has 6 aromatic carbocycles. The first-order valence-corrected chi connectivity index (χ1v) is 19.4. The van der Waals surface area contributed by atoms with Gasteiger partial charge in [-0.3, -0.25) is 0 Å². The Kier molecular flexibility index (Phi) is 10.1. The third kappa shape index (κ3) is 7.80. The van der Waals surface area contributed by atoms with E-state index >= 15 is 0 Å². The lowest BCUT2D eigenvalue weighted by atomic mass is 9.79. The molecule has 0 aromatic heterocycles. The maximum absolute atomic E-state index is 11.7. The first-order chi connectivity index (χ1) is 25.1. The quantitative estimate of drug-likeness (QED) is 0.133. The van der Waals surface area contributed by atoms with Crippen LogP contribution in [0.15, 0.2) is 97.1 Å². The summed E-state index contributed by atoms with van der Waals surface area (Å²) in [7, 11) is 0. The van der Waals surface area contributed by atoms with Crippen molar-refractivity contribution in [2.24, 2.45) is 0 Å². The summed E-state index contributed by atoms with van der Waals surface area (Å²) >= 11 is 0. The Morgan fingerprint density at radius 1 is 0.426 bits per heavy atom. The second-order valence-corrected chi connectivity index (χ2v) is 19.2. The number of rotatable bonds is 7. The zero-order valence-electron chi connectivity index (χ0n) is 34.5. The van der Waals surface area contributed by atoms with E-state index in [2.05, 4.69) is 191 Å². The fraction of sp³-hybridized carbons (Fsp3) is 0.360. The molecule has 6 aromatic rings. The molecular formula is C50H60N2O2. The van der Waals surface area contributed by atoms with Gasteiger partial charge in [-0.15, -0.1) is 0 Å². The van der Waals surface area contributed by atoms with Crippen LogP contribution in [0, 0.1) is 0 Å². The maximum Gasteiger partial charge on any atom is 0.124 e. The van der Waals surface area contributed by atoms with Crippen LogP contribution in [0.3, 0.4) is 0 Å². The van der Waals surface area contributed by atoms with E-state index in [1.54, 1.807) is 0 Å². The monoisotopic (exact) mass is 720 g/mol. The topological polar surface area (TPSA) is 64.5 Å². The van der Waals surface area contributed by atoms with Crippen LogP contribution in [-0.2, 0) is 34.7 Å². The van der Waals surface area contributed by atoms with E-state index in [1.165, 1.54) is 11.1 Å². The highest BCUT2D eigenvalue weighted by atomic mass is 16.3. The van der Waals surface area contributed by atoms with E-state index in [0.29, 0.717) is 24.6 Å². The first-order valence-electron chi connectivity index (χ1n) is 19.4. The summed E-state index contributed by atoms with van der Waals surface area (Å²) in [4.78, 5) is 0. The fourth-order valence-corrected chi connectivity index (χ4v) is 7.43. The smallest absolute Gasteiger partial charge is 0.124 e. The minimum atomic E-state index is -0.216. The maximum atomic E-state index is 11.7. The number of hydrogen-bond donors (Lipinski definition) is 4. The van der Waals surface area contributed by atoms with Gasteiger partial charge in [0.15, 0.2) is 0 Å². The van der Waals surface area contributed by atoms with Gasteiger partial charge >= 0.3 is 0 Å². The van der Waals surface area contributed by atoms with Crippen molar-refractivity contribution >= 4 is 32.9 Å². The summed E-state index contributed by atoms with van der Waals surface area (Å²) in [5.74, 6) is 0.703. The molecule has 4 nitrogen and oxygen atoms in total. The Balaban J connectivity index is 1.52. The van der Waals surface area contributed by atoms with E-state index < -0.39 is 0 Å². The van der Waals surface area contributed by atoms with Crippen LogP contribution in [0.25, 0.3) is 32.7 Å². The van der Waals surface area contributed by atoms with E-state index in [-0.39, 0.29) is 21.7 Å². The van der Waals surface area contributed by atoms with Crippen LogP contribution in [0.5, 0.6) is 11.5 Å². The van der Waals surface area contributed by atoms with E-state index in [0.717, 1.165) is 66.3 Å². The number of benzene rings is 6. The minimum Gasteiger partial charge on any atom is -0.507 e. The molecule has 0 amide bonds. The van der Waals surface area contributed by atoms with Gasteiger partial charge < -0.3 is 20.8 Å². The molecule has 54 heavy (non-hydrogen) atoms. The van der Waals surface area contributed by atoms with Crippen LogP contribution in [-0.4, -0.2) is 10.2 Å². The Bertz CT molecular complexity index is 2170. The second kappa shape index (κ2) is 14.0. The SMILES string of the molecule is CC(C)(C)c1cc(CNc2ccc3ccccc3c2-c2c(NCc3cc(C(C)(C)C)cc(C(C)(C)C)c3O)ccc3ccccc23)c(O)c(C(C)(C)C)c1. The zero-order valence-corrected chi connectivity index (χ0v) is 34.5. The van der Waals surface area contributed by atoms with Crippen LogP contribution in [0.2, 0.25) is 0 Å². The molecule has 6 rings (SSSR count). The lowest BCUT2D eigenvalue weighted by molar-refractivity contribution is 0.438. The molecule has 0 aliphatic heterocycles. The zero-order chi connectivity index (χ0) is 39.4. The summed E-state index contributed by atoms with van der Waals surface area (Å²) in [5, 5.41) is 35.6. The molecule has 4 N–H and O–H groups in total. The van der Waals surface area contributed by atoms with Gasteiger partial charge in [-0.25, -0.2) is 0 Å². The van der Waals surface area contributed by atoms with Crippen molar-refractivity contribution in [3.63, 3.8) is 0 Å². The van der Waals surface area contributed by atoms with Gasteiger partial charge in [0.2, 0.25) is 0 Å². The molecule has 282 valence electrons. The number of anilines is 2. The summed E-state index contributed by atoms with van der Waals surface area (Å²) < 4.78 is 0. The lowest BCUT2D eigenvalue weighted by Gasteiger charge is -2.28. The molecule has 0 fully saturated rings. The van der Waals surface area contributed by atoms with Crippen molar-refractivity contribution in [2.45, 2.75) is 118 Å². The van der Waals surface area contributed by atoms with Crippen molar-refractivity contribution in [3.8, 4) is 22.6 Å². The highest BCUT2D eigenvalue weighted by Crippen LogP contribution is 2.45. The molecule has 0 saturated carbocycles. The highest BCUT2D eigenvalue weighted by molar-refractivity contribution is 6.13. The van der Waals surface area contributed by atoms with Crippen molar-refractivity contribution in [1.82, 2.24) is 0 Å². The van der Waals surface area contributed by atoms with Crippen LogP contribution in [0.4, 0.5) is 11.4 Å². The van der Waals surface area contributed by atoms with E-state index in [1.807, 2.05) is 0 Å².